The summed E-state index contributed by atoms with van der Waals surface area (Å²) in [6.07, 6.45) is 1.70. The van der Waals surface area contributed by atoms with Crippen molar-refractivity contribution in [2.75, 3.05) is 0 Å². The highest BCUT2D eigenvalue weighted by Crippen LogP contribution is 2.29. The lowest BCUT2D eigenvalue weighted by molar-refractivity contribution is 0.0688. The van der Waals surface area contributed by atoms with Crippen LogP contribution in [0.25, 0.3) is 16.9 Å². The summed E-state index contributed by atoms with van der Waals surface area (Å²) < 4.78 is 7.70. The first-order chi connectivity index (χ1) is 16.5. The van der Waals surface area contributed by atoms with Crippen molar-refractivity contribution in [3.63, 3.8) is 0 Å². The molecular weight excluding hydrogens is 528 g/mol. The maximum Gasteiger partial charge on any atom is 0.276 e. The highest BCUT2D eigenvalue weighted by Gasteiger charge is 2.22. The van der Waals surface area contributed by atoms with E-state index in [1.807, 2.05) is 44.4 Å². The molecule has 4 rings (SSSR count). The van der Waals surface area contributed by atoms with Gasteiger partial charge in [0.05, 0.1) is 11.4 Å². The first kappa shape index (κ1) is 25.2. The third-order valence-corrected chi connectivity index (χ3v) is 7.16. The average Bonchev–Trinajstić information content (AvgIpc) is 3.21. The molecule has 0 saturated carbocycles. The number of aliphatic hydroxyl groups is 1. The van der Waals surface area contributed by atoms with Gasteiger partial charge < -0.3 is 9.84 Å². The zero-order chi connectivity index (χ0) is 25.5. The number of ether oxygens (including phenoxy) is 1. The SMILES string of the molecule is Cc1cc(COc2nc(C)n(-c3cc(-c4nc(C(C)(C)O)ncc4C)ccc3C)c(=O)c2Br)cs1. The maximum absolute atomic E-state index is 13.4. The zero-order valence-electron chi connectivity index (χ0n) is 20.5. The Bertz CT molecular complexity index is 1470. The standard InChI is InChI=1S/C26H27BrN4O3S/c1-14-7-8-19(22-15(2)11-28-25(30-22)26(5,6)33)10-20(14)31-17(4)29-23(21(27)24(31)32)34-12-18-9-16(3)35-13-18/h7-11,13,33H,12H2,1-6H3. The van der Waals surface area contributed by atoms with E-state index in [4.69, 9.17) is 4.74 Å². The van der Waals surface area contributed by atoms with Crippen molar-refractivity contribution >= 4 is 27.3 Å². The van der Waals surface area contributed by atoms with Crippen LogP contribution in [0.2, 0.25) is 0 Å². The number of benzene rings is 1. The van der Waals surface area contributed by atoms with Gasteiger partial charge in [0.2, 0.25) is 5.88 Å². The van der Waals surface area contributed by atoms with Crippen LogP contribution in [-0.4, -0.2) is 24.6 Å². The smallest absolute Gasteiger partial charge is 0.276 e. The molecule has 0 saturated heterocycles. The van der Waals surface area contributed by atoms with Crippen LogP contribution in [0.5, 0.6) is 5.88 Å². The Labute approximate surface area is 216 Å². The van der Waals surface area contributed by atoms with Crippen molar-refractivity contribution in [1.82, 2.24) is 19.5 Å². The molecule has 0 amide bonds. The number of aromatic nitrogens is 4. The molecule has 7 nitrogen and oxygen atoms in total. The number of aryl methyl sites for hydroxylation is 4. The Morgan fingerprint density at radius 2 is 1.86 bits per heavy atom. The Balaban J connectivity index is 1.76. The van der Waals surface area contributed by atoms with Crippen LogP contribution >= 0.6 is 27.3 Å². The number of rotatable bonds is 6. The van der Waals surface area contributed by atoms with Gasteiger partial charge in [-0.2, -0.15) is 4.98 Å². The Morgan fingerprint density at radius 3 is 2.51 bits per heavy atom. The number of nitrogens with zero attached hydrogens (tertiary/aromatic N) is 4. The summed E-state index contributed by atoms with van der Waals surface area (Å²) >= 11 is 5.06. The third-order valence-electron chi connectivity index (χ3n) is 5.57. The molecule has 1 N–H and O–H groups in total. The molecule has 4 aromatic rings. The summed E-state index contributed by atoms with van der Waals surface area (Å²) in [4.78, 5) is 28.1. The summed E-state index contributed by atoms with van der Waals surface area (Å²) in [6.45, 7) is 11.3. The molecule has 0 atom stereocenters. The van der Waals surface area contributed by atoms with Gasteiger partial charge in [-0.15, -0.1) is 11.3 Å². The monoisotopic (exact) mass is 554 g/mol. The van der Waals surface area contributed by atoms with Crippen LogP contribution in [0, 0.1) is 27.7 Å². The lowest BCUT2D eigenvalue weighted by atomic mass is 10.0. The molecule has 0 aliphatic carbocycles. The molecule has 9 heteroatoms. The molecule has 0 bridgehead atoms. The summed E-state index contributed by atoms with van der Waals surface area (Å²) in [7, 11) is 0. The van der Waals surface area contributed by atoms with E-state index in [0.29, 0.717) is 29.6 Å². The van der Waals surface area contributed by atoms with Crippen LogP contribution in [0.3, 0.4) is 0 Å². The van der Waals surface area contributed by atoms with E-state index < -0.39 is 5.60 Å². The molecule has 0 spiro atoms. The van der Waals surface area contributed by atoms with Crippen LogP contribution in [-0.2, 0) is 12.2 Å². The highest BCUT2D eigenvalue weighted by molar-refractivity contribution is 9.10. The van der Waals surface area contributed by atoms with E-state index in [2.05, 4.69) is 36.9 Å². The van der Waals surface area contributed by atoms with E-state index in [0.717, 1.165) is 22.3 Å². The van der Waals surface area contributed by atoms with E-state index in [1.165, 1.54) is 4.88 Å². The van der Waals surface area contributed by atoms with Crippen molar-refractivity contribution < 1.29 is 9.84 Å². The largest absolute Gasteiger partial charge is 0.472 e. The molecular formula is C26H27BrN4O3S. The van der Waals surface area contributed by atoms with Crippen molar-refractivity contribution in [3.8, 4) is 22.8 Å². The van der Waals surface area contributed by atoms with Crippen molar-refractivity contribution in [3.05, 3.63) is 83.9 Å². The predicted molar refractivity (Wildman–Crippen MR) is 141 cm³/mol. The van der Waals surface area contributed by atoms with E-state index in [-0.39, 0.29) is 15.9 Å². The lowest BCUT2D eigenvalue weighted by Gasteiger charge is -2.18. The van der Waals surface area contributed by atoms with E-state index in [9.17, 15) is 9.90 Å². The zero-order valence-corrected chi connectivity index (χ0v) is 22.9. The fraction of sp³-hybridized carbons (Fsp3) is 0.308. The Kier molecular flexibility index (Phi) is 6.95. The number of thiophene rings is 1. The molecule has 0 aliphatic rings. The number of halogens is 1. The maximum atomic E-state index is 13.4. The van der Waals surface area contributed by atoms with Gasteiger partial charge in [0.25, 0.3) is 5.56 Å². The van der Waals surface area contributed by atoms with Crippen LogP contribution in [0.1, 0.15) is 47.1 Å². The van der Waals surface area contributed by atoms with Gasteiger partial charge in [-0.25, -0.2) is 9.97 Å². The Morgan fingerprint density at radius 1 is 1.11 bits per heavy atom. The minimum atomic E-state index is -1.17. The fourth-order valence-electron chi connectivity index (χ4n) is 3.71. The molecule has 182 valence electrons. The summed E-state index contributed by atoms with van der Waals surface area (Å²) in [5.41, 5.74) is 3.58. The van der Waals surface area contributed by atoms with E-state index in [1.54, 1.807) is 42.9 Å². The average molecular weight is 555 g/mol. The normalized spacial score (nSPS) is 11.7. The number of hydrogen-bond acceptors (Lipinski definition) is 7. The third kappa shape index (κ3) is 5.22. The van der Waals surface area contributed by atoms with E-state index >= 15 is 0 Å². The van der Waals surface area contributed by atoms with Crippen molar-refractivity contribution in [2.45, 2.75) is 53.8 Å². The molecule has 0 radical (unpaired) electrons. The molecule has 0 aliphatic heterocycles. The minimum absolute atomic E-state index is 0.258. The first-order valence-electron chi connectivity index (χ1n) is 11.1. The first-order valence-corrected chi connectivity index (χ1v) is 12.8. The van der Waals surface area contributed by atoms with Crippen LogP contribution < -0.4 is 10.3 Å². The summed E-state index contributed by atoms with van der Waals surface area (Å²) in [6, 6.07) is 7.86. The summed E-state index contributed by atoms with van der Waals surface area (Å²) in [5, 5.41) is 12.4. The number of hydrogen-bond donors (Lipinski definition) is 1. The second-order valence-electron chi connectivity index (χ2n) is 9.06. The van der Waals surface area contributed by atoms with Gasteiger partial charge in [-0.05, 0) is 86.1 Å². The second-order valence-corrected chi connectivity index (χ2v) is 11.0. The van der Waals surface area contributed by atoms with Crippen molar-refractivity contribution in [2.24, 2.45) is 0 Å². The predicted octanol–water partition coefficient (Wildman–Crippen LogP) is 5.55. The molecule has 3 aromatic heterocycles. The van der Waals surface area contributed by atoms with Gasteiger partial charge >= 0.3 is 0 Å². The highest BCUT2D eigenvalue weighted by atomic mass is 79.9. The summed E-state index contributed by atoms with van der Waals surface area (Å²) in [5.74, 6) is 1.11. The quantitative estimate of drug-likeness (QED) is 0.336. The fourth-order valence-corrected chi connectivity index (χ4v) is 4.79. The molecule has 0 unspecified atom stereocenters. The molecule has 35 heavy (non-hydrogen) atoms. The van der Waals surface area contributed by atoms with Crippen LogP contribution in [0.15, 0.2) is 45.1 Å². The van der Waals surface area contributed by atoms with Gasteiger partial charge in [-0.3, -0.25) is 9.36 Å². The topological polar surface area (TPSA) is 90.1 Å². The van der Waals surface area contributed by atoms with Gasteiger partial charge in [0.15, 0.2) is 5.82 Å². The second kappa shape index (κ2) is 9.64. The van der Waals surface area contributed by atoms with Gasteiger partial charge in [0.1, 0.15) is 22.5 Å². The molecule has 3 heterocycles. The molecule has 0 fully saturated rings. The van der Waals surface area contributed by atoms with Crippen LogP contribution in [0.4, 0.5) is 0 Å². The molecule has 1 aromatic carbocycles. The van der Waals surface area contributed by atoms with Gasteiger partial charge in [-0.1, -0.05) is 12.1 Å². The minimum Gasteiger partial charge on any atom is -0.472 e. The lowest BCUT2D eigenvalue weighted by Crippen LogP contribution is -2.24. The van der Waals surface area contributed by atoms with Gasteiger partial charge in [0, 0.05) is 22.2 Å². The van der Waals surface area contributed by atoms with Crippen molar-refractivity contribution in [1.29, 1.82) is 0 Å². The Hall–Kier alpha value is -2.88.